The second-order valence-electron chi connectivity index (χ2n) is 39.5. The minimum Gasteiger partial charge on any atom is -0.494 e. The molecule has 11 aromatic carbocycles. The molecule has 12 nitrogen and oxygen atoms in total. The van der Waals surface area contributed by atoms with Crippen LogP contribution in [0.3, 0.4) is 0 Å². The molecule has 146 heavy (non-hydrogen) atoms. The van der Waals surface area contributed by atoms with Crippen LogP contribution in [0.15, 0.2) is 243 Å². The lowest BCUT2D eigenvalue weighted by Crippen LogP contribution is -2.59. The maximum Gasteiger partial charge on any atom is 0.328 e. The van der Waals surface area contributed by atoms with Crippen molar-refractivity contribution in [1.29, 1.82) is 0 Å². The largest absolute Gasteiger partial charge is 0.494 e. The summed E-state index contributed by atoms with van der Waals surface area (Å²) in [6, 6.07) is 70.1. The summed E-state index contributed by atoms with van der Waals surface area (Å²) in [6.45, 7) is 15.6. The zero-order valence-corrected chi connectivity index (χ0v) is 86.6. The van der Waals surface area contributed by atoms with Crippen molar-refractivity contribution in [2.75, 3.05) is 26.8 Å². The Kier molecular flexibility index (Phi) is 29.0. The highest BCUT2D eigenvalue weighted by atomic mass is 32.1. The number of imide groups is 2. The van der Waals surface area contributed by atoms with Crippen molar-refractivity contribution < 1.29 is 82.8 Å². The van der Waals surface area contributed by atoms with Crippen LogP contribution in [0.5, 0.6) is 5.75 Å². The number of alkyl halides is 8. The molecule has 0 fully saturated rings. The van der Waals surface area contributed by atoms with Crippen LogP contribution in [-0.4, -0.2) is 108 Å². The zero-order chi connectivity index (χ0) is 103. The first-order chi connectivity index (χ1) is 70.3. The predicted octanol–water partition coefficient (Wildman–Crippen LogP) is 33.0. The van der Waals surface area contributed by atoms with Gasteiger partial charge >= 0.3 is 35.6 Å². The molecule has 0 radical (unpaired) electrons. The fourth-order valence-electron chi connectivity index (χ4n) is 22.9. The van der Waals surface area contributed by atoms with E-state index in [0.29, 0.717) is 97.7 Å². The molecule has 4 amide bonds. The highest BCUT2D eigenvalue weighted by molar-refractivity contribution is 7.37. The number of halogens is 8. The van der Waals surface area contributed by atoms with Crippen LogP contribution < -0.4 is 4.74 Å². The van der Waals surface area contributed by atoms with E-state index in [-0.39, 0.29) is 98.3 Å². The number of fused-ring (bicyclic) bond motifs is 16. The van der Waals surface area contributed by atoms with E-state index in [9.17, 15) is 28.8 Å². The van der Waals surface area contributed by atoms with Gasteiger partial charge in [-0.1, -0.05) is 259 Å². The number of methoxy groups -OCH3 is 1. The van der Waals surface area contributed by atoms with Gasteiger partial charge in [0.1, 0.15) is 18.8 Å². The van der Waals surface area contributed by atoms with Crippen molar-refractivity contribution in [2.45, 2.75) is 218 Å². The third-order valence-corrected chi connectivity index (χ3v) is 36.6. The number of amides is 4. The summed E-state index contributed by atoms with van der Waals surface area (Å²) < 4.78 is 181. The average Bonchev–Trinajstić information content (AvgIpc) is 1.52. The van der Waals surface area contributed by atoms with Gasteiger partial charge in [-0.25, -0.2) is 0 Å². The first-order valence-electron chi connectivity index (χ1n) is 51.1. The van der Waals surface area contributed by atoms with Crippen molar-refractivity contribution in [2.24, 2.45) is 23.7 Å². The summed E-state index contributed by atoms with van der Waals surface area (Å²) in [5, 5.41) is 4.22. The van der Waals surface area contributed by atoms with Crippen LogP contribution in [0.2, 0.25) is 0 Å². The second kappa shape index (κ2) is 41.4. The minimum atomic E-state index is -4.66. The highest BCUT2D eigenvalue weighted by Gasteiger charge is 2.75. The van der Waals surface area contributed by atoms with Crippen LogP contribution in [0.1, 0.15) is 193 Å². The highest BCUT2D eigenvalue weighted by Crippen LogP contribution is 2.68. The number of thiophene rings is 4. The van der Waals surface area contributed by atoms with Gasteiger partial charge in [0.15, 0.2) is 6.10 Å². The maximum atomic E-state index is 19.3. The van der Waals surface area contributed by atoms with Crippen molar-refractivity contribution in [3.05, 3.63) is 271 Å². The number of nitrogens with zero attached hydrogens (tertiary/aromatic N) is 2. The number of aryl methyl sites for hydroxylation is 1. The summed E-state index contributed by atoms with van der Waals surface area (Å²) in [5.74, 6) is -25.7. The van der Waals surface area contributed by atoms with E-state index in [0.717, 1.165) is 147 Å². The molecule has 4 aliphatic rings. The topological polar surface area (TPSA) is 146 Å². The summed E-state index contributed by atoms with van der Waals surface area (Å²) in [4.78, 5) is 77.1. The molecule has 0 saturated carbocycles. The smallest absolute Gasteiger partial charge is 0.328 e. The van der Waals surface area contributed by atoms with Gasteiger partial charge in [0, 0.05) is 83.6 Å². The van der Waals surface area contributed by atoms with E-state index in [2.05, 4.69) is 67.6 Å². The Morgan fingerprint density at radius 2 is 0.644 bits per heavy atom. The van der Waals surface area contributed by atoms with Crippen molar-refractivity contribution in [3.63, 3.8) is 0 Å². The Bertz CT molecular complexity index is 7470. The summed E-state index contributed by atoms with van der Waals surface area (Å²) in [5.41, 5.74) is 6.95. The van der Waals surface area contributed by atoms with E-state index in [1.807, 2.05) is 149 Å². The molecule has 2 aliphatic heterocycles. The van der Waals surface area contributed by atoms with Gasteiger partial charge in [0.05, 0.1) is 36.2 Å². The normalized spacial score (nSPS) is 16.3. The van der Waals surface area contributed by atoms with E-state index in [1.165, 1.54) is 7.11 Å². The Balaban J connectivity index is 0.626. The summed E-state index contributed by atoms with van der Waals surface area (Å²) in [7, 11) is 1.22. The standard InChI is InChI=1S/C122H116F8N2O10S4/c1-11-20-21-60-140-88-41-31-77(32-42-88)83-38-48-94-103(66-83)144-115-96-50-40-85(68-105(96)146-113(94)115)81-36-46-92-90-44-34-79(62-98(90)118(100(92)64-81,59-57-72(14-4)15-5)122(129,130)120(125,126)87(18-8)19-9)76-29-27-75(28-30-76)78-33-43-89-91-45-35-80(63-99(91)117(97(89)61-78,58-56-71(12-2)13-3)121(127,128)119(123,124)86(16-6)17-7)84-39-49-95-104(67-84)145-112-93-47-37-82(65-102(93)143-114(95)112)74-25-22-73(23-26-74)24-51-101(141-110(137)69-131-106(133)52-53-107(131)134)116(139-10)142-111(138)70-132-108(135)54-55-109(132)136/h22-23,25-50,52-55,61-68,71-72,86-87,101,116H,11-21,24,51,56-60,69-70H2,1-10H3. The first-order valence-corrected chi connectivity index (χ1v) is 54.4. The Labute approximate surface area is 860 Å². The molecule has 0 saturated heterocycles. The molecule has 4 aromatic heterocycles. The number of carbonyl (C=O) groups excluding carboxylic acids is 6. The van der Waals surface area contributed by atoms with Crippen LogP contribution in [0.25, 0.3) is 148 Å². The fourth-order valence-corrected chi connectivity index (χ4v) is 28.3. The maximum absolute atomic E-state index is 19.3. The quantitative estimate of drug-likeness (QED) is 0.0119. The van der Waals surface area contributed by atoms with Crippen LogP contribution in [0, 0.1) is 23.7 Å². The van der Waals surface area contributed by atoms with Gasteiger partial charge in [-0.3, -0.25) is 38.6 Å². The van der Waals surface area contributed by atoms with E-state index in [4.69, 9.17) is 18.9 Å². The van der Waals surface area contributed by atoms with Gasteiger partial charge in [0.25, 0.3) is 23.6 Å². The molecule has 0 bridgehead atoms. The summed E-state index contributed by atoms with van der Waals surface area (Å²) in [6.07, 6.45) is 6.65. The molecular weight excluding hydrogens is 1930 g/mol. The lowest BCUT2D eigenvalue weighted by Gasteiger charge is -2.46. The third kappa shape index (κ3) is 18.1. The molecular formula is C122H116F8N2O10S4. The molecule has 4 unspecified atom stereocenters. The molecule has 2 aliphatic carbocycles. The Morgan fingerprint density at radius 1 is 0.349 bits per heavy atom. The Hall–Kier alpha value is -12.3. The number of unbranched alkanes of at least 4 members (excludes halogenated alkanes) is 2. The van der Waals surface area contributed by atoms with Crippen molar-refractivity contribution >= 4 is 140 Å². The fraction of sp³-hybridized carbons (Fsp3) is 0.344. The number of ether oxygens (including phenoxy) is 4. The van der Waals surface area contributed by atoms with E-state index >= 15 is 35.1 Å². The molecule has 754 valence electrons. The van der Waals surface area contributed by atoms with Crippen molar-refractivity contribution in [3.8, 4) is 94.8 Å². The van der Waals surface area contributed by atoms with Gasteiger partial charge in [-0.05, 0) is 260 Å². The number of hydrogen-bond donors (Lipinski definition) is 0. The third-order valence-electron chi connectivity index (χ3n) is 31.6. The molecule has 6 heterocycles. The lowest BCUT2D eigenvalue weighted by atomic mass is 9.64. The monoisotopic (exact) mass is 2050 g/mol. The lowest BCUT2D eigenvalue weighted by molar-refractivity contribution is -0.264. The van der Waals surface area contributed by atoms with Crippen LogP contribution in [-0.2, 0) is 60.2 Å². The molecule has 0 N–H and O–H groups in total. The van der Waals surface area contributed by atoms with E-state index in [1.54, 1.807) is 109 Å². The number of carbonyl (C=O) groups is 6. The SMILES string of the molecule is CCCCCOc1ccc(-c2ccc3c(c2)sc2c4ccc(-c5ccc6c(c5)C(CCC(CC)CC)(C(F)(F)C(F)(F)C(CC)CC)c5cc(-c7ccc(-c8ccc9c(c8)C(CCC(CC)CC)(C(F)(F)C(F)(F)C(CC)CC)c8cc(-c%10ccc%11c(c%10)sc%10c%12ccc(-c%13ccc(CCC(OC(=O)CN%14C(=O)C=CC%14=O)C(OC)OC(=O)CN%14C(=O)C=CC%14=O)cc%13)cc%12sc%11%10)ccc8-9)cc7)ccc5-6)cc4sc32)cc1. The predicted molar refractivity (Wildman–Crippen MR) is 574 cm³/mol. The number of hydrogen-bond acceptors (Lipinski definition) is 14. The van der Waals surface area contributed by atoms with Crippen LogP contribution in [0.4, 0.5) is 35.1 Å². The molecule has 4 atom stereocenters. The molecule has 19 rings (SSSR count). The van der Waals surface area contributed by atoms with E-state index < -0.39 is 107 Å². The first kappa shape index (κ1) is 102. The number of rotatable bonds is 42. The van der Waals surface area contributed by atoms with Gasteiger partial charge < -0.3 is 18.9 Å². The molecule has 0 spiro atoms. The minimum absolute atomic E-state index is 0.0248. The molecule has 15 aromatic rings. The van der Waals surface area contributed by atoms with Gasteiger partial charge in [-0.2, -0.15) is 35.1 Å². The zero-order valence-electron chi connectivity index (χ0n) is 83.3. The van der Waals surface area contributed by atoms with Gasteiger partial charge in [-0.15, -0.1) is 45.3 Å². The van der Waals surface area contributed by atoms with Crippen molar-refractivity contribution in [1.82, 2.24) is 9.80 Å². The summed E-state index contributed by atoms with van der Waals surface area (Å²) >= 11 is 6.66. The van der Waals surface area contributed by atoms with Crippen LogP contribution >= 0.6 is 45.3 Å². The van der Waals surface area contributed by atoms with Gasteiger partial charge in [0.2, 0.25) is 6.29 Å². The molecule has 24 heteroatoms. The number of benzene rings is 11. The second-order valence-corrected chi connectivity index (χ2v) is 43.7. The average molecular weight is 2050 g/mol. The number of esters is 2. The Morgan fingerprint density at radius 3 is 0.966 bits per heavy atom.